The van der Waals surface area contributed by atoms with E-state index in [0.717, 1.165) is 24.4 Å². The molecule has 0 spiro atoms. The SMILES string of the molecule is O[C@H]1CCN(c2nccn3cnnc23)C1. The van der Waals surface area contributed by atoms with Gasteiger partial charge in [0.1, 0.15) is 6.33 Å². The van der Waals surface area contributed by atoms with E-state index in [-0.39, 0.29) is 6.10 Å². The Morgan fingerprint density at radius 3 is 3.20 bits per heavy atom. The molecular formula is C9H11N5O. The van der Waals surface area contributed by atoms with E-state index < -0.39 is 0 Å². The van der Waals surface area contributed by atoms with Gasteiger partial charge in [-0.2, -0.15) is 0 Å². The number of aliphatic hydroxyl groups is 1. The monoisotopic (exact) mass is 205 g/mol. The fraction of sp³-hybridized carbons (Fsp3) is 0.444. The van der Waals surface area contributed by atoms with Gasteiger partial charge in [0, 0.05) is 25.5 Å². The zero-order chi connectivity index (χ0) is 10.3. The molecule has 1 fully saturated rings. The van der Waals surface area contributed by atoms with E-state index in [9.17, 15) is 5.11 Å². The number of hydrogen-bond acceptors (Lipinski definition) is 5. The van der Waals surface area contributed by atoms with Gasteiger partial charge in [-0.25, -0.2) is 4.98 Å². The number of rotatable bonds is 1. The molecule has 0 saturated carbocycles. The second-order valence-electron chi connectivity index (χ2n) is 3.70. The van der Waals surface area contributed by atoms with Crippen molar-refractivity contribution in [2.45, 2.75) is 12.5 Å². The number of anilines is 1. The first kappa shape index (κ1) is 8.60. The Balaban J connectivity index is 2.06. The number of β-amino-alcohol motifs (C(OH)–C–C–N with tert-alkyl or cyclic N) is 1. The zero-order valence-corrected chi connectivity index (χ0v) is 8.11. The van der Waals surface area contributed by atoms with Crippen LogP contribution in [0.2, 0.25) is 0 Å². The molecule has 0 amide bonds. The number of hydrogen-bond donors (Lipinski definition) is 1. The summed E-state index contributed by atoms with van der Waals surface area (Å²) in [7, 11) is 0. The summed E-state index contributed by atoms with van der Waals surface area (Å²) in [4.78, 5) is 6.32. The number of fused-ring (bicyclic) bond motifs is 1. The summed E-state index contributed by atoms with van der Waals surface area (Å²) in [6.07, 6.45) is 5.71. The van der Waals surface area contributed by atoms with Crippen LogP contribution in [-0.4, -0.2) is 43.9 Å². The highest BCUT2D eigenvalue weighted by molar-refractivity contribution is 5.63. The average molecular weight is 205 g/mol. The molecule has 2 aromatic heterocycles. The third-order valence-electron chi connectivity index (χ3n) is 2.66. The van der Waals surface area contributed by atoms with Crippen LogP contribution in [0.15, 0.2) is 18.7 Å². The van der Waals surface area contributed by atoms with Crippen LogP contribution in [0.3, 0.4) is 0 Å². The van der Waals surface area contributed by atoms with E-state index in [1.165, 1.54) is 0 Å². The number of nitrogens with zero attached hydrogens (tertiary/aromatic N) is 5. The Bertz CT molecular complexity index is 482. The lowest BCUT2D eigenvalue weighted by Crippen LogP contribution is -2.22. The Labute approximate surface area is 86.2 Å². The third kappa shape index (κ3) is 1.33. The highest BCUT2D eigenvalue weighted by Gasteiger charge is 2.23. The molecule has 0 aromatic carbocycles. The summed E-state index contributed by atoms with van der Waals surface area (Å²) < 4.78 is 1.83. The van der Waals surface area contributed by atoms with Crippen molar-refractivity contribution in [1.82, 2.24) is 19.6 Å². The second kappa shape index (κ2) is 3.16. The highest BCUT2D eigenvalue weighted by atomic mass is 16.3. The normalized spacial score (nSPS) is 21.4. The van der Waals surface area contributed by atoms with Crippen molar-refractivity contribution in [1.29, 1.82) is 0 Å². The topological polar surface area (TPSA) is 66.5 Å². The molecule has 1 N–H and O–H groups in total. The first-order chi connectivity index (χ1) is 7.34. The summed E-state index contributed by atoms with van der Waals surface area (Å²) >= 11 is 0. The molecule has 0 bridgehead atoms. The summed E-state index contributed by atoms with van der Waals surface area (Å²) in [5, 5.41) is 17.3. The smallest absolute Gasteiger partial charge is 0.203 e. The molecule has 1 aliphatic heterocycles. The van der Waals surface area contributed by atoms with Crippen LogP contribution < -0.4 is 4.90 Å². The molecule has 3 heterocycles. The third-order valence-corrected chi connectivity index (χ3v) is 2.66. The van der Waals surface area contributed by atoms with Crippen molar-refractivity contribution in [2.24, 2.45) is 0 Å². The van der Waals surface area contributed by atoms with Gasteiger partial charge in [0.25, 0.3) is 0 Å². The van der Waals surface area contributed by atoms with Gasteiger partial charge >= 0.3 is 0 Å². The van der Waals surface area contributed by atoms with Crippen LogP contribution in [-0.2, 0) is 0 Å². The van der Waals surface area contributed by atoms with E-state index in [0.29, 0.717) is 6.54 Å². The minimum absolute atomic E-state index is 0.255. The largest absolute Gasteiger partial charge is 0.391 e. The van der Waals surface area contributed by atoms with Crippen LogP contribution >= 0.6 is 0 Å². The molecule has 3 rings (SSSR count). The summed E-state index contributed by atoms with van der Waals surface area (Å²) in [5.41, 5.74) is 0.742. The first-order valence-corrected chi connectivity index (χ1v) is 4.92. The van der Waals surface area contributed by atoms with Crippen molar-refractivity contribution in [2.75, 3.05) is 18.0 Å². The maximum absolute atomic E-state index is 9.47. The summed E-state index contributed by atoms with van der Waals surface area (Å²) in [6.45, 7) is 1.44. The molecular weight excluding hydrogens is 194 g/mol. The van der Waals surface area contributed by atoms with Crippen LogP contribution in [0.5, 0.6) is 0 Å². The predicted molar refractivity (Wildman–Crippen MR) is 53.6 cm³/mol. The molecule has 15 heavy (non-hydrogen) atoms. The van der Waals surface area contributed by atoms with Crippen LogP contribution in [0.4, 0.5) is 5.82 Å². The van der Waals surface area contributed by atoms with Gasteiger partial charge in [0.15, 0.2) is 5.82 Å². The first-order valence-electron chi connectivity index (χ1n) is 4.92. The standard InChI is InChI=1S/C9H11N5O/c15-7-1-3-13(5-7)8-9-12-11-6-14(9)4-2-10-8/h2,4,6-7,15H,1,3,5H2/t7-/m0/s1. The second-order valence-corrected chi connectivity index (χ2v) is 3.70. The van der Waals surface area contributed by atoms with Crippen LogP contribution in [0.25, 0.3) is 5.65 Å². The molecule has 2 aromatic rings. The van der Waals surface area contributed by atoms with Gasteiger partial charge in [-0.1, -0.05) is 0 Å². The Morgan fingerprint density at radius 1 is 1.47 bits per heavy atom. The Morgan fingerprint density at radius 2 is 2.40 bits per heavy atom. The van der Waals surface area contributed by atoms with Crippen LogP contribution in [0.1, 0.15) is 6.42 Å². The lowest BCUT2D eigenvalue weighted by atomic mass is 10.3. The molecule has 0 aliphatic carbocycles. The molecule has 1 atom stereocenters. The number of aromatic nitrogens is 4. The maximum atomic E-state index is 9.47. The molecule has 78 valence electrons. The quantitative estimate of drug-likeness (QED) is 0.692. The van der Waals surface area contributed by atoms with Gasteiger partial charge in [0.05, 0.1) is 6.10 Å². The van der Waals surface area contributed by atoms with E-state index in [4.69, 9.17) is 0 Å². The van der Waals surface area contributed by atoms with E-state index in [1.54, 1.807) is 12.5 Å². The maximum Gasteiger partial charge on any atom is 0.203 e. The van der Waals surface area contributed by atoms with Gasteiger partial charge in [-0.05, 0) is 6.42 Å². The zero-order valence-electron chi connectivity index (χ0n) is 8.11. The molecule has 6 heteroatoms. The van der Waals surface area contributed by atoms with Gasteiger partial charge in [0.2, 0.25) is 5.65 Å². The molecule has 1 saturated heterocycles. The fourth-order valence-corrected chi connectivity index (χ4v) is 1.90. The van der Waals surface area contributed by atoms with Gasteiger partial charge in [-0.15, -0.1) is 10.2 Å². The van der Waals surface area contributed by atoms with Crippen molar-refractivity contribution in [3.8, 4) is 0 Å². The van der Waals surface area contributed by atoms with Crippen molar-refractivity contribution >= 4 is 11.5 Å². The summed E-state index contributed by atoms with van der Waals surface area (Å²) in [6, 6.07) is 0. The molecule has 1 aliphatic rings. The molecule has 6 nitrogen and oxygen atoms in total. The number of aliphatic hydroxyl groups excluding tert-OH is 1. The Kier molecular flexibility index (Phi) is 1.81. The van der Waals surface area contributed by atoms with E-state index in [2.05, 4.69) is 15.2 Å². The van der Waals surface area contributed by atoms with Crippen molar-refractivity contribution < 1.29 is 5.11 Å². The van der Waals surface area contributed by atoms with Crippen molar-refractivity contribution in [3.05, 3.63) is 18.7 Å². The lowest BCUT2D eigenvalue weighted by molar-refractivity contribution is 0.198. The fourth-order valence-electron chi connectivity index (χ4n) is 1.90. The molecule has 0 radical (unpaired) electrons. The lowest BCUT2D eigenvalue weighted by Gasteiger charge is -2.16. The summed E-state index contributed by atoms with van der Waals surface area (Å²) in [5.74, 6) is 0.798. The van der Waals surface area contributed by atoms with E-state index >= 15 is 0 Å². The minimum Gasteiger partial charge on any atom is -0.391 e. The predicted octanol–water partition coefficient (Wildman–Crippen LogP) is -0.305. The van der Waals surface area contributed by atoms with Crippen LogP contribution in [0, 0.1) is 0 Å². The molecule has 0 unspecified atom stereocenters. The van der Waals surface area contributed by atoms with Crippen molar-refractivity contribution in [3.63, 3.8) is 0 Å². The average Bonchev–Trinajstić information content (AvgIpc) is 2.84. The van der Waals surface area contributed by atoms with Gasteiger partial charge in [-0.3, -0.25) is 4.40 Å². The van der Waals surface area contributed by atoms with Gasteiger partial charge < -0.3 is 10.0 Å². The van der Waals surface area contributed by atoms with E-state index in [1.807, 2.05) is 15.5 Å². The minimum atomic E-state index is -0.255. The Hall–Kier alpha value is -1.69. The highest BCUT2D eigenvalue weighted by Crippen LogP contribution is 2.20.